The summed E-state index contributed by atoms with van der Waals surface area (Å²) in [6.45, 7) is 0. The number of methoxy groups -OCH3 is 1. The minimum atomic E-state index is -0.399. The van der Waals surface area contributed by atoms with Crippen LogP contribution in [0.2, 0.25) is 0 Å². The number of hydrogen-bond acceptors (Lipinski definition) is 8. The minimum absolute atomic E-state index is 0.0614. The predicted octanol–water partition coefficient (Wildman–Crippen LogP) is 2.32. The fourth-order valence-electron chi connectivity index (χ4n) is 2.26. The van der Waals surface area contributed by atoms with E-state index in [1.807, 2.05) is 6.07 Å². The number of para-hydroxylation sites is 2. The zero-order valence-electron chi connectivity index (χ0n) is 15.4. The number of nitrogens with two attached hydrogens (primary N) is 1. The van der Waals surface area contributed by atoms with Gasteiger partial charge < -0.3 is 15.9 Å². The van der Waals surface area contributed by atoms with Crippen molar-refractivity contribution in [3.63, 3.8) is 0 Å². The predicted molar refractivity (Wildman–Crippen MR) is 110 cm³/mol. The Hall–Kier alpha value is -3.60. The maximum atomic E-state index is 13.6. The van der Waals surface area contributed by atoms with E-state index in [0.29, 0.717) is 22.2 Å². The van der Waals surface area contributed by atoms with Crippen molar-refractivity contribution in [2.75, 3.05) is 29.4 Å². The number of ether oxygens (including phenoxy) is 1. The van der Waals surface area contributed by atoms with Crippen LogP contribution in [-0.2, 0) is 4.79 Å². The third-order valence-corrected chi connectivity index (χ3v) is 4.59. The largest absolute Gasteiger partial charge is 0.495 e. The zero-order valence-corrected chi connectivity index (χ0v) is 16.2. The molecule has 1 aromatic heterocycles. The maximum Gasteiger partial charge on any atom is 0.264 e. The highest BCUT2D eigenvalue weighted by Crippen LogP contribution is 2.24. The van der Waals surface area contributed by atoms with Crippen LogP contribution in [0.4, 0.5) is 16.0 Å². The second kappa shape index (κ2) is 9.55. The van der Waals surface area contributed by atoms with Gasteiger partial charge in [-0.25, -0.2) is 14.5 Å². The molecule has 0 unspecified atom stereocenters. The van der Waals surface area contributed by atoms with Crippen LogP contribution in [-0.4, -0.2) is 39.9 Å². The van der Waals surface area contributed by atoms with Gasteiger partial charge in [0.2, 0.25) is 11.1 Å². The highest BCUT2D eigenvalue weighted by atomic mass is 32.2. The molecule has 0 aliphatic heterocycles. The molecule has 1 amide bonds. The summed E-state index contributed by atoms with van der Waals surface area (Å²) in [6.07, 6.45) is 1.30. The van der Waals surface area contributed by atoms with Gasteiger partial charge in [0.05, 0.1) is 24.8 Å². The molecule has 29 heavy (non-hydrogen) atoms. The number of thioether (sulfide) groups is 1. The van der Waals surface area contributed by atoms with E-state index in [1.54, 1.807) is 36.4 Å². The second-order valence-corrected chi connectivity index (χ2v) is 6.55. The van der Waals surface area contributed by atoms with Crippen LogP contribution in [0.25, 0.3) is 0 Å². The van der Waals surface area contributed by atoms with Gasteiger partial charge in [-0.2, -0.15) is 5.10 Å². The molecule has 4 N–H and O–H groups in total. The van der Waals surface area contributed by atoms with Crippen molar-refractivity contribution in [1.82, 2.24) is 14.9 Å². The van der Waals surface area contributed by atoms with Gasteiger partial charge in [-0.1, -0.05) is 42.1 Å². The minimum Gasteiger partial charge on any atom is -0.495 e. The van der Waals surface area contributed by atoms with Crippen molar-refractivity contribution < 1.29 is 13.9 Å². The first-order valence-corrected chi connectivity index (χ1v) is 9.37. The topological polar surface area (TPSA) is 119 Å². The van der Waals surface area contributed by atoms with Gasteiger partial charge in [-0.05, 0) is 18.2 Å². The number of nitrogens with one attached hydrogen (secondary N) is 2. The molecule has 0 spiro atoms. The SMILES string of the molecule is COc1ccccc1NC(=O)CSc1nnc(N/N=C/c2ccccc2F)n1N. The summed E-state index contributed by atoms with van der Waals surface area (Å²) in [5, 5.41) is 14.7. The molecule has 3 rings (SSSR count). The van der Waals surface area contributed by atoms with Crippen LogP contribution in [0, 0.1) is 5.82 Å². The van der Waals surface area contributed by atoms with Crippen LogP contribution in [0.3, 0.4) is 0 Å². The van der Waals surface area contributed by atoms with Crippen LogP contribution in [0.1, 0.15) is 5.56 Å². The Labute approximate surface area is 170 Å². The number of nitrogen functional groups attached to an aromatic ring is 1. The number of aromatic nitrogens is 3. The van der Waals surface area contributed by atoms with Gasteiger partial charge in [0.25, 0.3) is 5.95 Å². The Kier molecular flexibility index (Phi) is 6.63. The first kappa shape index (κ1) is 20.1. The van der Waals surface area contributed by atoms with Crippen LogP contribution >= 0.6 is 11.8 Å². The molecule has 1 heterocycles. The molecular weight excluding hydrogens is 397 g/mol. The van der Waals surface area contributed by atoms with Crippen molar-refractivity contribution in [2.24, 2.45) is 5.10 Å². The van der Waals surface area contributed by atoms with Gasteiger partial charge in [0, 0.05) is 5.56 Å². The molecule has 0 bridgehead atoms. The summed E-state index contributed by atoms with van der Waals surface area (Å²) in [7, 11) is 1.53. The van der Waals surface area contributed by atoms with E-state index in [4.69, 9.17) is 10.6 Å². The van der Waals surface area contributed by atoms with Crippen molar-refractivity contribution >= 4 is 35.5 Å². The van der Waals surface area contributed by atoms with Gasteiger partial charge in [0.1, 0.15) is 11.6 Å². The molecule has 0 aliphatic carbocycles. The van der Waals surface area contributed by atoms with E-state index >= 15 is 0 Å². The van der Waals surface area contributed by atoms with E-state index < -0.39 is 5.82 Å². The molecule has 0 aliphatic rings. The fourth-order valence-corrected chi connectivity index (χ4v) is 2.91. The first-order valence-electron chi connectivity index (χ1n) is 8.38. The van der Waals surface area contributed by atoms with Gasteiger partial charge >= 0.3 is 0 Å². The first-order chi connectivity index (χ1) is 14.1. The van der Waals surface area contributed by atoms with Crippen LogP contribution in [0.15, 0.2) is 58.8 Å². The molecule has 0 atom stereocenters. The number of anilines is 2. The summed E-state index contributed by atoms with van der Waals surface area (Å²) in [6, 6.07) is 13.3. The number of carbonyl (C=O) groups is 1. The summed E-state index contributed by atoms with van der Waals surface area (Å²) < 4.78 is 19.9. The Morgan fingerprint density at radius 3 is 2.83 bits per heavy atom. The molecule has 11 heteroatoms. The average molecular weight is 415 g/mol. The van der Waals surface area contributed by atoms with Crippen molar-refractivity contribution in [1.29, 1.82) is 0 Å². The summed E-state index contributed by atoms with van der Waals surface area (Å²) >= 11 is 1.10. The number of hydrazone groups is 1. The Bertz CT molecular complexity index is 1020. The van der Waals surface area contributed by atoms with Crippen LogP contribution < -0.4 is 21.3 Å². The fraction of sp³-hybridized carbons (Fsp3) is 0.111. The number of hydrogen-bond donors (Lipinski definition) is 3. The molecule has 0 saturated heterocycles. The second-order valence-electron chi connectivity index (χ2n) is 5.60. The molecule has 0 radical (unpaired) electrons. The Morgan fingerprint density at radius 2 is 2.03 bits per heavy atom. The standard InChI is InChI=1S/C18H18FN7O2S/c1-28-15-9-5-4-8-14(15)22-16(27)11-29-18-25-24-17(26(18)20)23-21-10-12-6-2-3-7-13(12)19/h2-10H,11,20H2,1H3,(H,22,27)(H,23,24)/b21-10+. The highest BCUT2D eigenvalue weighted by Gasteiger charge is 2.13. The molecule has 2 aromatic carbocycles. The molecule has 150 valence electrons. The smallest absolute Gasteiger partial charge is 0.264 e. The summed E-state index contributed by atoms with van der Waals surface area (Å²) in [5.74, 6) is 6.02. The third-order valence-electron chi connectivity index (χ3n) is 3.65. The van der Waals surface area contributed by atoms with Gasteiger partial charge in [-0.3, -0.25) is 4.79 Å². The summed E-state index contributed by atoms with van der Waals surface area (Å²) in [4.78, 5) is 12.2. The zero-order chi connectivity index (χ0) is 20.6. The van der Waals surface area contributed by atoms with Crippen LogP contribution in [0.5, 0.6) is 5.75 Å². The Balaban J connectivity index is 1.55. The maximum absolute atomic E-state index is 13.6. The lowest BCUT2D eigenvalue weighted by Gasteiger charge is -2.09. The lowest BCUT2D eigenvalue weighted by atomic mass is 10.2. The van der Waals surface area contributed by atoms with Gasteiger partial charge in [-0.15, -0.1) is 10.2 Å². The van der Waals surface area contributed by atoms with E-state index in [-0.39, 0.29) is 17.6 Å². The number of amides is 1. The van der Waals surface area contributed by atoms with E-state index in [2.05, 4.69) is 26.0 Å². The average Bonchev–Trinajstić information content (AvgIpc) is 3.08. The molecule has 3 aromatic rings. The quantitative estimate of drug-likeness (QED) is 0.223. The lowest BCUT2D eigenvalue weighted by Crippen LogP contribution is -2.17. The van der Waals surface area contributed by atoms with Crippen molar-refractivity contribution in [3.8, 4) is 5.75 Å². The molecule has 0 saturated carbocycles. The lowest BCUT2D eigenvalue weighted by molar-refractivity contribution is -0.113. The normalized spacial score (nSPS) is 10.8. The molecule has 0 fully saturated rings. The number of benzene rings is 2. The van der Waals surface area contributed by atoms with Crippen molar-refractivity contribution in [3.05, 3.63) is 59.9 Å². The number of halogens is 1. The number of rotatable bonds is 8. The van der Waals surface area contributed by atoms with E-state index in [0.717, 1.165) is 16.4 Å². The number of nitrogens with zero attached hydrogens (tertiary/aromatic N) is 4. The van der Waals surface area contributed by atoms with E-state index in [1.165, 1.54) is 19.4 Å². The molecular formula is C18H18FN7O2S. The monoisotopic (exact) mass is 415 g/mol. The van der Waals surface area contributed by atoms with Crippen molar-refractivity contribution in [2.45, 2.75) is 5.16 Å². The van der Waals surface area contributed by atoms with E-state index in [9.17, 15) is 9.18 Å². The third kappa shape index (κ3) is 5.23. The molecule has 9 nitrogen and oxygen atoms in total. The Morgan fingerprint density at radius 1 is 1.28 bits per heavy atom. The summed E-state index contributed by atoms with van der Waals surface area (Å²) in [5.41, 5.74) is 3.47. The van der Waals surface area contributed by atoms with Gasteiger partial charge in [0.15, 0.2) is 0 Å². The highest BCUT2D eigenvalue weighted by molar-refractivity contribution is 7.99. The number of carbonyl (C=O) groups excluding carboxylic acids is 1.